The lowest BCUT2D eigenvalue weighted by Crippen LogP contribution is -2.33. The molecule has 0 aromatic heterocycles. The number of nitrogens with two attached hydrogens (primary N) is 1. The highest BCUT2D eigenvalue weighted by Crippen LogP contribution is 2.32. The zero-order valence-electron chi connectivity index (χ0n) is 11.6. The predicted molar refractivity (Wildman–Crippen MR) is 90.2 cm³/mol. The Labute approximate surface area is 137 Å². The summed E-state index contributed by atoms with van der Waals surface area (Å²) in [7, 11) is -3.57. The van der Waals surface area contributed by atoms with E-state index < -0.39 is 10.0 Å². The van der Waals surface area contributed by atoms with E-state index in [2.05, 4.69) is 43.5 Å². The van der Waals surface area contributed by atoms with Gasteiger partial charge in [-0.3, -0.25) is 0 Å². The molecule has 0 fully saturated rings. The van der Waals surface area contributed by atoms with Crippen molar-refractivity contribution in [3.63, 3.8) is 0 Å². The van der Waals surface area contributed by atoms with Gasteiger partial charge in [-0.15, -0.1) is 0 Å². The number of rotatable bonds is 7. The van der Waals surface area contributed by atoms with Crippen LogP contribution in [0.4, 0.5) is 5.69 Å². The summed E-state index contributed by atoms with van der Waals surface area (Å²) in [6, 6.07) is 3.07. The van der Waals surface area contributed by atoms with Gasteiger partial charge in [0.15, 0.2) is 0 Å². The van der Waals surface area contributed by atoms with Gasteiger partial charge in [-0.1, -0.05) is 26.2 Å². The standard InChI is InChI=1S/C13H20Br2N2O2S/c1-3-4-5-6-9(2)17-20(18,19)13-11(14)7-10(16)8-12(13)15/h7-9,17H,3-6,16H2,1-2H3. The Balaban J connectivity index is 2.89. The summed E-state index contributed by atoms with van der Waals surface area (Å²) < 4.78 is 28.4. The zero-order chi connectivity index (χ0) is 15.3. The molecule has 20 heavy (non-hydrogen) atoms. The fraction of sp³-hybridized carbons (Fsp3) is 0.538. The Morgan fingerprint density at radius 1 is 1.25 bits per heavy atom. The van der Waals surface area contributed by atoms with Crippen molar-refractivity contribution in [2.24, 2.45) is 0 Å². The fourth-order valence-corrected chi connectivity index (χ4v) is 5.82. The third-order valence-electron chi connectivity index (χ3n) is 2.89. The van der Waals surface area contributed by atoms with E-state index in [0.717, 1.165) is 25.7 Å². The molecule has 0 bridgehead atoms. The summed E-state index contributed by atoms with van der Waals surface area (Å²) in [5, 5.41) is 0. The van der Waals surface area contributed by atoms with Gasteiger partial charge in [0.1, 0.15) is 4.90 Å². The first kappa shape index (κ1) is 17.9. The number of hydrogen-bond acceptors (Lipinski definition) is 3. The molecule has 0 aliphatic heterocycles. The van der Waals surface area contributed by atoms with Crippen molar-refractivity contribution in [3.8, 4) is 0 Å². The maximum absolute atomic E-state index is 12.4. The van der Waals surface area contributed by atoms with Crippen molar-refractivity contribution in [2.45, 2.75) is 50.5 Å². The van der Waals surface area contributed by atoms with Crippen LogP contribution in [-0.2, 0) is 10.0 Å². The summed E-state index contributed by atoms with van der Waals surface area (Å²) in [5.41, 5.74) is 6.18. The molecule has 1 unspecified atom stereocenters. The van der Waals surface area contributed by atoms with Gasteiger partial charge in [0, 0.05) is 20.7 Å². The summed E-state index contributed by atoms with van der Waals surface area (Å²) >= 11 is 6.52. The Bertz CT molecular complexity index is 538. The highest BCUT2D eigenvalue weighted by molar-refractivity contribution is 9.11. The topological polar surface area (TPSA) is 72.2 Å². The average molecular weight is 428 g/mol. The van der Waals surface area contributed by atoms with Crippen molar-refractivity contribution in [2.75, 3.05) is 5.73 Å². The third kappa shape index (κ3) is 5.02. The number of unbranched alkanes of at least 4 members (excludes halogenated alkanes) is 2. The lowest BCUT2D eigenvalue weighted by atomic mass is 10.1. The summed E-state index contributed by atoms with van der Waals surface area (Å²) in [6.45, 7) is 4.00. The van der Waals surface area contributed by atoms with Crippen molar-refractivity contribution in [1.29, 1.82) is 0 Å². The zero-order valence-corrected chi connectivity index (χ0v) is 15.6. The van der Waals surface area contributed by atoms with Gasteiger partial charge in [0.05, 0.1) is 0 Å². The van der Waals surface area contributed by atoms with Crippen LogP contribution in [0.5, 0.6) is 0 Å². The summed E-state index contributed by atoms with van der Waals surface area (Å²) in [5.74, 6) is 0. The van der Waals surface area contributed by atoms with E-state index in [1.807, 2.05) is 6.92 Å². The van der Waals surface area contributed by atoms with Crippen molar-refractivity contribution < 1.29 is 8.42 Å². The van der Waals surface area contributed by atoms with Gasteiger partial charge in [0.2, 0.25) is 10.0 Å². The van der Waals surface area contributed by atoms with Crippen LogP contribution in [0, 0.1) is 0 Å². The molecular weight excluding hydrogens is 408 g/mol. The minimum absolute atomic E-state index is 0.0945. The highest BCUT2D eigenvalue weighted by Gasteiger charge is 2.23. The molecule has 7 heteroatoms. The molecule has 4 nitrogen and oxygen atoms in total. The quantitative estimate of drug-likeness (QED) is 0.509. The van der Waals surface area contributed by atoms with Crippen molar-refractivity contribution in [3.05, 3.63) is 21.1 Å². The van der Waals surface area contributed by atoms with Crippen LogP contribution in [0.3, 0.4) is 0 Å². The van der Waals surface area contributed by atoms with Gasteiger partial charge in [-0.25, -0.2) is 13.1 Å². The van der Waals surface area contributed by atoms with E-state index in [1.54, 1.807) is 12.1 Å². The van der Waals surface area contributed by atoms with E-state index in [0.29, 0.717) is 14.6 Å². The molecule has 0 spiro atoms. The Hall–Kier alpha value is -0.110. The lowest BCUT2D eigenvalue weighted by Gasteiger charge is -2.16. The van der Waals surface area contributed by atoms with E-state index in [4.69, 9.17) is 5.73 Å². The molecule has 0 saturated carbocycles. The minimum atomic E-state index is -3.57. The van der Waals surface area contributed by atoms with Gasteiger partial charge in [-0.2, -0.15) is 0 Å². The number of nitrogens with one attached hydrogen (secondary N) is 1. The number of benzene rings is 1. The molecule has 0 heterocycles. The van der Waals surface area contributed by atoms with Gasteiger partial charge >= 0.3 is 0 Å². The van der Waals surface area contributed by atoms with Crippen LogP contribution < -0.4 is 10.5 Å². The molecular formula is C13H20Br2N2O2S. The molecule has 0 aliphatic carbocycles. The van der Waals surface area contributed by atoms with E-state index in [9.17, 15) is 8.42 Å². The molecule has 114 valence electrons. The SMILES string of the molecule is CCCCCC(C)NS(=O)(=O)c1c(Br)cc(N)cc1Br. The smallest absolute Gasteiger partial charge is 0.243 e. The first-order valence-electron chi connectivity index (χ1n) is 6.54. The van der Waals surface area contributed by atoms with Gasteiger partial charge in [-0.05, 0) is 57.3 Å². The monoisotopic (exact) mass is 426 g/mol. The number of nitrogen functional groups attached to an aromatic ring is 1. The van der Waals surface area contributed by atoms with Gasteiger partial charge < -0.3 is 5.73 Å². The van der Waals surface area contributed by atoms with Crippen LogP contribution in [-0.4, -0.2) is 14.5 Å². The average Bonchev–Trinajstić information content (AvgIpc) is 2.26. The summed E-state index contributed by atoms with van der Waals surface area (Å²) in [4.78, 5) is 0.189. The van der Waals surface area contributed by atoms with Crippen molar-refractivity contribution in [1.82, 2.24) is 4.72 Å². The van der Waals surface area contributed by atoms with Crippen molar-refractivity contribution >= 4 is 47.6 Å². The van der Waals surface area contributed by atoms with Crippen LogP contribution in [0.2, 0.25) is 0 Å². The van der Waals surface area contributed by atoms with Crippen LogP contribution >= 0.6 is 31.9 Å². The van der Waals surface area contributed by atoms with E-state index in [1.165, 1.54) is 0 Å². The normalized spacial score (nSPS) is 13.4. The molecule has 0 radical (unpaired) electrons. The second kappa shape index (κ2) is 7.77. The minimum Gasteiger partial charge on any atom is -0.399 e. The lowest BCUT2D eigenvalue weighted by molar-refractivity contribution is 0.526. The largest absolute Gasteiger partial charge is 0.399 e. The van der Waals surface area contributed by atoms with Crippen LogP contribution in [0.1, 0.15) is 39.5 Å². The van der Waals surface area contributed by atoms with Crippen LogP contribution in [0.15, 0.2) is 26.0 Å². The first-order chi connectivity index (χ1) is 9.27. The maximum Gasteiger partial charge on any atom is 0.243 e. The number of hydrogen-bond donors (Lipinski definition) is 2. The third-order valence-corrected chi connectivity index (χ3v) is 6.35. The second-order valence-electron chi connectivity index (χ2n) is 4.83. The predicted octanol–water partition coefficient (Wildman–Crippen LogP) is 4.04. The molecule has 1 aromatic rings. The van der Waals surface area contributed by atoms with E-state index >= 15 is 0 Å². The van der Waals surface area contributed by atoms with Crippen LogP contribution in [0.25, 0.3) is 0 Å². The number of anilines is 1. The van der Waals surface area contributed by atoms with E-state index in [-0.39, 0.29) is 10.9 Å². The fourth-order valence-electron chi connectivity index (χ4n) is 1.92. The highest BCUT2D eigenvalue weighted by atomic mass is 79.9. The Morgan fingerprint density at radius 2 is 1.80 bits per heavy atom. The molecule has 0 aliphatic rings. The Kier molecular flexibility index (Phi) is 6.97. The second-order valence-corrected chi connectivity index (χ2v) is 8.19. The molecule has 1 rings (SSSR count). The molecule has 3 N–H and O–H groups in total. The molecule has 1 aromatic carbocycles. The number of halogens is 2. The van der Waals surface area contributed by atoms with Gasteiger partial charge in [0.25, 0.3) is 0 Å². The molecule has 0 amide bonds. The maximum atomic E-state index is 12.4. The Morgan fingerprint density at radius 3 is 2.30 bits per heavy atom. The number of sulfonamides is 1. The summed E-state index contributed by atoms with van der Waals surface area (Å²) in [6.07, 6.45) is 4.08. The first-order valence-corrected chi connectivity index (χ1v) is 9.61. The molecule has 0 saturated heterocycles. The molecule has 1 atom stereocenters.